The van der Waals surface area contributed by atoms with E-state index in [1.165, 1.54) is 12.1 Å². The third-order valence-electron chi connectivity index (χ3n) is 3.37. The van der Waals surface area contributed by atoms with E-state index in [1.807, 2.05) is 0 Å². The number of halogens is 3. The van der Waals surface area contributed by atoms with Gasteiger partial charge in [0.2, 0.25) is 0 Å². The Morgan fingerprint density at radius 2 is 1.75 bits per heavy atom. The predicted octanol–water partition coefficient (Wildman–Crippen LogP) is 2.08. The van der Waals surface area contributed by atoms with Crippen molar-refractivity contribution in [1.29, 1.82) is 0 Å². The van der Waals surface area contributed by atoms with Gasteiger partial charge in [0.1, 0.15) is 0 Å². The van der Waals surface area contributed by atoms with E-state index in [4.69, 9.17) is 5.73 Å². The van der Waals surface area contributed by atoms with Crippen LogP contribution in [0.4, 0.5) is 18.9 Å². The van der Waals surface area contributed by atoms with E-state index in [-0.39, 0.29) is 12.2 Å². The summed E-state index contributed by atoms with van der Waals surface area (Å²) in [7, 11) is 0. The zero-order valence-corrected chi connectivity index (χ0v) is 12.2. The molecule has 0 radical (unpaired) electrons. The first-order chi connectivity index (χ1) is 11.3. The second kappa shape index (κ2) is 5.84. The zero-order chi connectivity index (χ0) is 17.3. The Hall–Kier alpha value is -3.10. The molecule has 1 heterocycles. The van der Waals surface area contributed by atoms with E-state index >= 15 is 0 Å². The number of nitrogens with zero attached hydrogens (tertiary/aromatic N) is 4. The van der Waals surface area contributed by atoms with Crippen molar-refractivity contribution in [2.45, 2.75) is 12.7 Å². The minimum absolute atomic E-state index is 0.00150. The highest BCUT2D eigenvalue weighted by Gasteiger charge is 2.30. The number of anilines is 1. The lowest BCUT2D eigenvalue weighted by Gasteiger charge is -2.07. The molecule has 1 aromatic heterocycles. The van der Waals surface area contributed by atoms with Crippen LogP contribution in [0.15, 0.2) is 53.3 Å². The van der Waals surface area contributed by atoms with Crippen molar-refractivity contribution in [2.24, 2.45) is 0 Å². The number of aromatic nitrogens is 4. The van der Waals surface area contributed by atoms with Crippen molar-refractivity contribution in [2.75, 3.05) is 5.73 Å². The molecular formula is C15H12F3N5O. The molecule has 0 saturated carbocycles. The molecule has 0 unspecified atom stereocenters. The largest absolute Gasteiger partial charge is 0.416 e. The molecule has 0 saturated heterocycles. The highest BCUT2D eigenvalue weighted by Crippen LogP contribution is 2.29. The van der Waals surface area contributed by atoms with Crippen LogP contribution in [0.1, 0.15) is 11.1 Å². The first-order valence-corrected chi connectivity index (χ1v) is 6.89. The molecule has 2 aromatic carbocycles. The van der Waals surface area contributed by atoms with Crippen molar-refractivity contribution < 1.29 is 13.2 Å². The predicted molar refractivity (Wildman–Crippen MR) is 80.6 cm³/mol. The van der Waals surface area contributed by atoms with Gasteiger partial charge in [0.05, 0.1) is 17.8 Å². The van der Waals surface area contributed by atoms with Gasteiger partial charge >= 0.3 is 11.9 Å². The van der Waals surface area contributed by atoms with Gasteiger partial charge in [-0.2, -0.15) is 22.5 Å². The maximum absolute atomic E-state index is 12.8. The van der Waals surface area contributed by atoms with Crippen LogP contribution in [0.25, 0.3) is 5.69 Å². The fraction of sp³-hybridized carbons (Fsp3) is 0.133. The summed E-state index contributed by atoms with van der Waals surface area (Å²) in [5.41, 5.74) is 5.44. The molecule has 0 atom stereocenters. The molecule has 6 nitrogen and oxygen atoms in total. The Labute approximate surface area is 133 Å². The van der Waals surface area contributed by atoms with E-state index in [0.29, 0.717) is 5.69 Å². The number of hydrogen-bond donors (Lipinski definition) is 1. The Morgan fingerprint density at radius 1 is 1.04 bits per heavy atom. The maximum Gasteiger partial charge on any atom is 0.416 e. The van der Waals surface area contributed by atoms with Crippen LogP contribution in [0.3, 0.4) is 0 Å². The SMILES string of the molecule is Nc1ccc(Cn2nnn(-c3cccc(C(F)(F)F)c3)c2=O)cc1. The molecule has 0 aliphatic carbocycles. The second-order valence-electron chi connectivity index (χ2n) is 5.12. The van der Waals surface area contributed by atoms with Gasteiger partial charge in [-0.25, -0.2) is 4.79 Å². The smallest absolute Gasteiger partial charge is 0.399 e. The summed E-state index contributed by atoms with van der Waals surface area (Å²) in [6.45, 7) is 0.137. The van der Waals surface area contributed by atoms with Crippen LogP contribution >= 0.6 is 0 Å². The number of tetrazole rings is 1. The van der Waals surface area contributed by atoms with Gasteiger partial charge in [-0.3, -0.25) is 0 Å². The number of rotatable bonds is 3. The highest BCUT2D eigenvalue weighted by molar-refractivity contribution is 5.39. The molecule has 0 amide bonds. The Morgan fingerprint density at radius 3 is 2.42 bits per heavy atom. The topological polar surface area (TPSA) is 78.7 Å². The second-order valence-corrected chi connectivity index (χ2v) is 5.12. The average molecular weight is 335 g/mol. The van der Waals surface area contributed by atoms with E-state index in [0.717, 1.165) is 27.1 Å². The quantitative estimate of drug-likeness (QED) is 0.743. The van der Waals surface area contributed by atoms with Gasteiger partial charge in [0, 0.05) is 5.69 Å². The van der Waals surface area contributed by atoms with Crippen LogP contribution < -0.4 is 11.4 Å². The van der Waals surface area contributed by atoms with Crippen LogP contribution in [-0.2, 0) is 12.7 Å². The molecule has 124 valence electrons. The minimum atomic E-state index is -4.50. The molecule has 9 heteroatoms. The molecule has 3 rings (SSSR count). The standard InChI is InChI=1S/C15H12F3N5O/c16-15(17,18)11-2-1-3-13(8-11)23-14(24)22(20-21-23)9-10-4-6-12(19)7-5-10/h1-8H,9,19H2. The Balaban J connectivity index is 1.93. The van der Waals surface area contributed by atoms with Crippen LogP contribution in [0.2, 0.25) is 0 Å². The highest BCUT2D eigenvalue weighted by atomic mass is 19.4. The minimum Gasteiger partial charge on any atom is -0.399 e. The molecule has 3 aromatic rings. The van der Waals surface area contributed by atoms with Gasteiger partial charge < -0.3 is 5.73 Å². The fourth-order valence-electron chi connectivity index (χ4n) is 2.15. The summed E-state index contributed by atoms with van der Waals surface area (Å²) in [6, 6.07) is 11.2. The lowest BCUT2D eigenvalue weighted by Crippen LogP contribution is -2.25. The number of benzene rings is 2. The lowest BCUT2D eigenvalue weighted by molar-refractivity contribution is -0.137. The number of hydrogen-bond acceptors (Lipinski definition) is 4. The Bertz CT molecular complexity index is 912. The van der Waals surface area contributed by atoms with Crippen molar-refractivity contribution in [1.82, 2.24) is 19.8 Å². The maximum atomic E-state index is 12.8. The van der Waals surface area contributed by atoms with E-state index in [2.05, 4.69) is 10.4 Å². The third-order valence-corrected chi connectivity index (χ3v) is 3.37. The van der Waals surface area contributed by atoms with Gasteiger partial charge in [0.15, 0.2) is 0 Å². The fourth-order valence-corrected chi connectivity index (χ4v) is 2.15. The number of nitrogen functional groups attached to an aromatic ring is 1. The molecule has 24 heavy (non-hydrogen) atoms. The summed E-state index contributed by atoms with van der Waals surface area (Å²) in [6.07, 6.45) is -4.50. The number of alkyl halides is 3. The van der Waals surface area contributed by atoms with Crippen molar-refractivity contribution >= 4 is 5.69 Å². The van der Waals surface area contributed by atoms with E-state index < -0.39 is 17.4 Å². The molecule has 0 spiro atoms. The first kappa shape index (κ1) is 15.8. The summed E-state index contributed by atoms with van der Waals surface area (Å²) < 4.78 is 40.2. The molecule has 0 bridgehead atoms. The van der Waals surface area contributed by atoms with Crippen LogP contribution in [0, 0.1) is 0 Å². The molecular weight excluding hydrogens is 323 g/mol. The number of nitrogens with two attached hydrogens (primary N) is 1. The van der Waals surface area contributed by atoms with Crippen LogP contribution in [0.5, 0.6) is 0 Å². The van der Waals surface area contributed by atoms with Gasteiger partial charge in [-0.05, 0) is 46.3 Å². The molecule has 2 N–H and O–H groups in total. The zero-order valence-electron chi connectivity index (χ0n) is 12.2. The molecule has 0 fully saturated rings. The van der Waals surface area contributed by atoms with Crippen molar-refractivity contribution in [3.05, 3.63) is 70.1 Å². The lowest BCUT2D eigenvalue weighted by atomic mass is 10.2. The van der Waals surface area contributed by atoms with E-state index in [1.54, 1.807) is 24.3 Å². The normalized spacial score (nSPS) is 11.6. The molecule has 0 aliphatic rings. The summed E-state index contributed by atoms with van der Waals surface area (Å²) in [5.74, 6) is 0. The summed E-state index contributed by atoms with van der Waals surface area (Å²) >= 11 is 0. The molecule has 0 aliphatic heterocycles. The van der Waals surface area contributed by atoms with Gasteiger partial charge in [-0.1, -0.05) is 18.2 Å². The van der Waals surface area contributed by atoms with E-state index in [9.17, 15) is 18.0 Å². The van der Waals surface area contributed by atoms with Gasteiger partial charge in [0.25, 0.3) is 0 Å². The summed E-state index contributed by atoms with van der Waals surface area (Å²) in [4.78, 5) is 12.3. The summed E-state index contributed by atoms with van der Waals surface area (Å²) in [5, 5.41) is 7.35. The van der Waals surface area contributed by atoms with Crippen molar-refractivity contribution in [3.8, 4) is 5.69 Å². The average Bonchev–Trinajstić information content (AvgIpc) is 2.90. The van der Waals surface area contributed by atoms with Crippen molar-refractivity contribution in [3.63, 3.8) is 0 Å². The monoisotopic (exact) mass is 335 g/mol. The van der Waals surface area contributed by atoms with Crippen LogP contribution in [-0.4, -0.2) is 19.8 Å². The Kier molecular flexibility index (Phi) is 3.84. The third kappa shape index (κ3) is 3.14. The van der Waals surface area contributed by atoms with Gasteiger partial charge in [-0.15, -0.1) is 0 Å². The first-order valence-electron chi connectivity index (χ1n) is 6.89.